The van der Waals surface area contributed by atoms with E-state index in [-0.39, 0.29) is 0 Å². The Kier molecular flexibility index (Phi) is 5.87. The lowest BCUT2D eigenvalue weighted by Gasteiger charge is -2.32. The molecule has 2 heterocycles. The molecule has 4 nitrogen and oxygen atoms in total. The van der Waals surface area contributed by atoms with Crippen molar-refractivity contribution in [2.24, 2.45) is 0 Å². The van der Waals surface area contributed by atoms with Crippen LogP contribution in [-0.2, 0) is 9.84 Å². The van der Waals surface area contributed by atoms with Gasteiger partial charge in [-0.05, 0) is 56.9 Å². The summed E-state index contributed by atoms with van der Waals surface area (Å²) in [5.74, 6) is -1.28. The van der Waals surface area contributed by atoms with Gasteiger partial charge in [-0.25, -0.2) is 22.2 Å². The van der Waals surface area contributed by atoms with Gasteiger partial charge in [-0.3, -0.25) is 0 Å². The first-order valence-electron chi connectivity index (χ1n) is 10.1. The summed E-state index contributed by atoms with van der Waals surface area (Å²) in [4.78, 5) is 7.04. The van der Waals surface area contributed by atoms with Gasteiger partial charge < -0.3 is 4.90 Å². The summed E-state index contributed by atoms with van der Waals surface area (Å²) in [5.41, 5.74) is 3.56. The third-order valence-electron chi connectivity index (χ3n) is 5.69. The molecular formula is C23H24F2N2O2S2. The van der Waals surface area contributed by atoms with Crippen molar-refractivity contribution in [1.29, 1.82) is 0 Å². The van der Waals surface area contributed by atoms with E-state index in [0.29, 0.717) is 42.1 Å². The van der Waals surface area contributed by atoms with Crippen molar-refractivity contribution >= 4 is 26.3 Å². The summed E-state index contributed by atoms with van der Waals surface area (Å²) >= 11 is 1.39. The van der Waals surface area contributed by atoms with Gasteiger partial charge in [-0.15, -0.1) is 11.3 Å². The van der Waals surface area contributed by atoms with Crippen LogP contribution in [0.25, 0.3) is 11.3 Å². The summed E-state index contributed by atoms with van der Waals surface area (Å²) in [7, 11) is -3.42. The molecule has 1 aromatic heterocycles. The number of thiazole rings is 1. The van der Waals surface area contributed by atoms with Gasteiger partial charge in [0.2, 0.25) is 0 Å². The summed E-state index contributed by atoms with van der Waals surface area (Å²) in [6, 6.07) is 7.18. The number of halogens is 2. The number of hydrogen-bond donors (Lipinski definition) is 0. The average Bonchev–Trinajstić information content (AvgIpc) is 3.16. The number of sulfone groups is 1. The molecule has 4 rings (SSSR count). The standard InChI is InChI=1S/C23H24F2N2O2S2/c1-14-8-15(2)22(16(3)9-14)31(28,29)20-4-6-27(7-5-20)23-26-21(13-30-23)17-10-18(24)12-19(25)11-17/h8-13,20H,4-7H2,1-3H3. The van der Waals surface area contributed by atoms with E-state index in [9.17, 15) is 17.2 Å². The Hall–Kier alpha value is -2.32. The van der Waals surface area contributed by atoms with Crippen LogP contribution in [0.5, 0.6) is 0 Å². The minimum absolute atomic E-state index is 0.391. The highest BCUT2D eigenvalue weighted by atomic mass is 32.2. The maximum absolute atomic E-state index is 13.5. The van der Waals surface area contributed by atoms with Crippen LogP contribution >= 0.6 is 11.3 Å². The number of nitrogens with zero attached hydrogens (tertiary/aromatic N) is 2. The summed E-state index contributed by atoms with van der Waals surface area (Å²) < 4.78 is 53.7. The van der Waals surface area contributed by atoms with E-state index in [0.717, 1.165) is 27.9 Å². The van der Waals surface area contributed by atoms with Crippen LogP contribution in [0.1, 0.15) is 29.5 Å². The Bertz CT molecular complexity index is 1190. The predicted molar refractivity (Wildman–Crippen MR) is 121 cm³/mol. The number of aromatic nitrogens is 1. The molecule has 1 aliphatic heterocycles. The molecule has 3 aromatic rings. The minimum Gasteiger partial charge on any atom is -0.348 e. The maximum atomic E-state index is 13.5. The zero-order valence-electron chi connectivity index (χ0n) is 17.7. The Balaban J connectivity index is 1.50. The largest absolute Gasteiger partial charge is 0.348 e. The van der Waals surface area contributed by atoms with E-state index in [4.69, 9.17) is 0 Å². The molecule has 2 aromatic carbocycles. The SMILES string of the molecule is Cc1cc(C)c(S(=O)(=O)C2CCN(c3nc(-c4cc(F)cc(F)c4)cs3)CC2)c(C)c1. The number of benzene rings is 2. The Labute approximate surface area is 185 Å². The topological polar surface area (TPSA) is 50.3 Å². The highest BCUT2D eigenvalue weighted by molar-refractivity contribution is 7.92. The van der Waals surface area contributed by atoms with Gasteiger partial charge in [0.15, 0.2) is 15.0 Å². The molecule has 0 spiro atoms. The van der Waals surface area contributed by atoms with Crippen LogP contribution < -0.4 is 4.90 Å². The van der Waals surface area contributed by atoms with Gasteiger partial charge in [0.25, 0.3) is 0 Å². The van der Waals surface area contributed by atoms with Crippen LogP contribution in [0, 0.1) is 32.4 Å². The molecule has 0 atom stereocenters. The third-order valence-corrected chi connectivity index (χ3v) is 9.15. The zero-order chi connectivity index (χ0) is 22.3. The van der Waals surface area contributed by atoms with Gasteiger partial charge in [0.05, 0.1) is 15.8 Å². The number of anilines is 1. The lowest BCUT2D eigenvalue weighted by molar-refractivity contribution is 0.528. The van der Waals surface area contributed by atoms with E-state index < -0.39 is 26.7 Å². The van der Waals surface area contributed by atoms with Crippen LogP contribution in [0.4, 0.5) is 13.9 Å². The summed E-state index contributed by atoms with van der Waals surface area (Å²) in [6.07, 6.45) is 1.02. The van der Waals surface area contributed by atoms with E-state index in [1.807, 2.05) is 37.8 Å². The van der Waals surface area contributed by atoms with E-state index >= 15 is 0 Å². The number of rotatable bonds is 4. The number of piperidine rings is 1. The Morgan fingerprint density at radius 1 is 0.968 bits per heavy atom. The van der Waals surface area contributed by atoms with Crippen molar-refractivity contribution in [2.45, 2.75) is 43.8 Å². The van der Waals surface area contributed by atoms with Gasteiger partial charge in [-0.1, -0.05) is 17.7 Å². The van der Waals surface area contributed by atoms with E-state index in [2.05, 4.69) is 4.98 Å². The molecule has 0 aliphatic carbocycles. The molecule has 1 saturated heterocycles. The van der Waals surface area contributed by atoms with Crippen LogP contribution in [-0.4, -0.2) is 31.7 Å². The lowest BCUT2D eigenvalue weighted by atomic mass is 10.1. The van der Waals surface area contributed by atoms with E-state index in [1.165, 1.54) is 23.5 Å². The fourth-order valence-corrected chi connectivity index (χ4v) is 7.45. The van der Waals surface area contributed by atoms with Gasteiger partial charge >= 0.3 is 0 Å². The molecule has 0 N–H and O–H groups in total. The molecule has 0 unspecified atom stereocenters. The second-order valence-electron chi connectivity index (χ2n) is 8.13. The molecule has 1 fully saturated rings. The van der Waals surface area contributed by atoms with Crippen molar-refractivity contribution in [3.05, 3.63) is 64.0 Å². The van der Waals surface area contributed by atoms with Crippen LogP contribution in [0.15, 0.2) is 40.6 Å². The molecule has 0 amide bonds. The second-order valence-corrected chi connectivity index (χ2v) is 11.1. The van der Waals surface area contributed by atoms with Crippen molar-refractivity contribution in [1.82, 2.24) is 4.98 Å². The minimum atomic E-state index is -3.42. The number of aryl methyl sites for hydroxylation is 3. The third kappa shape index (κ3) is 4.36. The molecule has 164 valence electrons. The monoisotopic (exact) mass is 462 g/mol. The first kappa shape index (κ1) is 21.9. The summed E-state index contributed by atoms with van der Waals surface area (Å²) in [6.45, 7) is 6.81. The molecule has 0 saturated carbocycles. The highest BCUT2D eigenvalue weighted by Gasteiger charge is 2.34. The van der Waals surface area contributed by atoms with Crippen molar-refractivity contribution < 1.29 is 17.2 Å². The van der Waals surface area contributed by atoms with Crippen LogP contribution in [0.2, 0.25) is 0 Å². The van der Waals surface area contributed by atoms with Crippen molar-refractivity contribution in [3.8, 4) is 11.3 Å². The molecule has 0 radical (unpaired) electrons. The average molecular weight is 463 g/mol. The Morgan fingerprint density at radius 2 is 1.55 bits per heavy atom. The maximum Gasteiger partial charge on any atom is 0.185 e. The normalized spacial score (nSPS) is 15.5. The van der Waals surface area contributed by atoms with Crippen molar-refractivity contribution in [3.63, 3.8) is 0 Å². The first-order chi connectivity index (χ1) is 14.6. The molecular weight excluding hydrogens is 438 g/mol. The van der Waals surface area contributed by atoms with Gasteiger partial charge in [-0.2, -0.15) is 0 Å². The van der Waals surface area contributed by atoms with Gasteiger partial charge in [0, 0.05) is 30.1 Å². The quantitative estimate of drug-likeness (QED) is 0.517. The molecule has 0 bridgehead atoms. The first-order valence-corrected chi connectivity index (χ1v) is 12.6. The molecule has 1 aliphatic rings. The predicted octanol–water partition coefficient (Wildman–Crippen LogP) is 5.46. The number of hydrogen-bond acceptors (Lipinski definition) is 5. The fraction of sp³-hybridized carbons (Fsp3) is 0.348. The zero-order valence-corrected chi connectivity index (χ0v) is 19.3. The molecule has 8 heteroatoms. The smallest absolute Gasteiger partial charge is 0.185 e. The van der Waals surface area contributed by atoms with E-state index in [1.54, 1.807) is 5.38 Å². The Morgan fingerprint density at radius 3 is 2.13 bits per heavy atom. The van der Waals surface area contributed by atoms with Crippen molar-refractivity contribution in [2.75, 3.05) is 18.0 Å². The second kappa shape index (κ2) is 8.31. The molecule has 31 heavy (non-hydrogen) atoms. The highest BCUT2D eigenvalue weighted by Crippen LogP contribution is 2.34. The van der Waals surface area contributed by atoms with Crippen LogP contribution in [0.3, 0.4) is 0 Å². The van der Waals surface area contributed by atoms with Gasteiger partial charge in [0.1, 0.15) is 11.6 Å². The fourth-order valence-electron chi connectivity index (χ4n) is 4.38. The lowest BCUT2D eigenvalue weighted by Crippen LogP contribution is -2.39. The summed E-state index contributed by atoms with van der Waals surface area (Å²) in [5, 5.41) is 2.07.